The molecule has 0 aliphatic carbocycles. The quantitative estimate of drug-likeness (QED) is 0.310. The Morgan fingerprint density at radius 3 is 2.66 bits per heavy atom. The van der Waals surface area contributed by atoms with Crippen molar-refractivity contribution in [1.29, 1.82) is 0 Å². The van der Waals surface area contributed by atoms with E-state index in [0.717, 1.165) is 22.4 Å². The van der Waals surface area contributed by atoms with Gasteiger partial charge in [-0.05, 0) is 76.8 Å². The van der Waals surface area contributed by atoms with Gasteiger partial charge in [-0.3, -0.25) is 9.48 Å². The molecule has 32 heavy (non-hydrogen) atoms. The Kier molecular flexibility index (Phi) is 6.67. The summed E-state index contributed by atoms with van der Waals surface area (Å²) in [6, 6.07) is 16.9. The molecule has 0 aliphatic heterocycles. The van der Waals surface area contributed by atoms with Gasteiger partial charge in [0, 0.05) is 11.2 Å². The fourth-order valence-corrected chi connectivity index (χ4v) is 3.89. The molecule has 8 heteroatoms. The molecule has 4 aromatic rings. The maximum atomic E-state index is 12.6. The first-order chi connectivity index (χ1) is 15.4. The van der Waals surface area contributed by atoms with Crippen LogP contribution in [0.1, 0.15) is 33.0 Å². The van der Waals surface area contributed by atoms with E-state index in [9.17, 15) is 4.79 Å². The third-order valence-corrected chi connectivity index (χ3v) is 5.65. The van der Waals surface area contributed by atoms with Crippen molar-refractivity contribution in [3.05, 3.63) is 98.5 Å². The second-order valence-corrected chi connectivity index (χ2v) is 8.71. The van der Waals surface area contributed by atoms with Crippen molar-refractivity contribution in [2.24, 2.45) is 0 Å². The molecule has 1 amide bonds. The zero-order chi connectivity index (χ0) is 22.7. The van der Waals surface area contributed by atoms with E-state index in [1.54, 1.807) is 23.0 Å². The van der Waals surface area contributed by atoms with Gasteiger partial charge in [-0.1, -0.05) is 35.9 Å². The summed E-state index contributed by atoms with van der Waals surface area (Å²) in [5, 5.41) is 7.85. The van der Waals surface area contributed by atoms with E-state index in [1.807, 2.05) is 50.2 Å². The molecule has 0 radical (unpaired) electrons. The number of nitrogens with one attached hydrogen (secondary N) is 1. The number of amides is 1. The van der Waals surface area contributed by atoms with E-state index in [4.69, 9.17) is 20.8 Å². The van der Waals surface area contributed by atoms with Crippen molar-refractivity contribution in [2.75, 3.05) is 5.32 Å². The molecule has 0 spiro atoms. The average molecular weight is 515 g/mol. The third kappa shape index (κ3) is 5.41. The Morgan fingerprint density at radius 2 is 1.91 bits per heavy atom. The number of aryl methyl sites for hydroxylation is 2. The molecular weight excluding hydrogens is 494 g/mol. The maximum absolute atomic E-state index is 12.6. The molecule has 2 heterocycles. The van der Waals surface area contributed by atoms with E-state index in [-0.39, 0.29) is 12.4 Å². The van der Waals surface area contributed by atoms with Gasteiger partial charge in [0.1, 0.15) is 18.1 Å². The van der Waals surface area contributed by atoms with Crippen LogP contribution >= 0.6 is 27.5 Å². The summed E-state index contributed by atoms with van der Waals surface area (Å²) in [5.41, 5.74) is 3.18. The summed E-state index contributed by atoms with van der Waals surface area (Å²) >= 11 is 9.66. The molecule has 0 atom stereocenters. The van der Waals surface area contributed by atoms with Crippen molar-refractivity contribution in [3.63, 3.8) is 0 Å². The summed E-state index contributed by atoms with van der Waals surface area (Å²) in [4.78, 5) is 12.6. The van der Waals surface area contributed by atoms with Gasteiger partial charge in [0.2, 0.25) is 0 Å². The molecule has 0 saturated carbocycles. The number of hydrogen-bond acceptors (Lipinski definition) is 4. The summed E-state index contributed by atoms with van der Waals surface area (Å²) in [6.07, 6.45) is 1.78. The summed E-state index contributed by atoms with van der Waals surface area (Å²) < 4.78 is 13.8. The number of benzene rings is 2. The van der Waals surface area contributed by atoms with Crippen LogP contribution in [0.4, 0.5) is 5.82 Å². The van der Waals surface area contributed by atoms with E-state index < -0.39 is 5.91 Å². The highest BCUT2D eigenvalue weighted by Crippen LogP contribution is 2.24. The topological polar surface area (TPSA) is 69.3 Å². The summed E-state index contributed by atoms with van der Waals surface area (Å²) in [5.74, 6) is 1.49. The lowest BCUT2D eigenvalue weighted by molar-refractivity contribution is 0.0992. The first kappa shape index (κ1) is 22.2. The molecule has 164 valence electrons. The minimum Gasteiger partial charge on any atom is -0.486 e. The monoisotopic (exact) mass is 513 g/mol. The van der Waals surface area contributed by atoms with Crippen LogP contribution in [0.25, 0.3) is 0 Å². The van der Waals surface area contributed by atoms with Crippen LogP contribution < -0.4 is 10.1 Å². The van der Waals surface area contributed by atoms with Gasteiger partial charge < -0.3 is 14.5 Å². The fraction of sp³-hybridized carbons (Fsp3) is 0.167. The normalized spacial score (nSPS) is 10.9. The van der Waals surface area contributed by atoms with Crippen molar-refractivity contribution in [1.82, 2.24) is 9.78 Å². The molecule has 6 nitrogen and oxygen atoms in total. The minimum absolute atomic E-state index is 0.177. The van der Waals surface area contributed by atoms with Gasteiger partial charge >= 0.3 is 0 Å². The number of aromatic nitrogens is 2. The number of hydrogen-bond donors (Lipinski definition) is 1. The van der Waals surface area contributed by atoms with Crippen LogP contribution in [0, 0.1) is 13.8 Å². The lowest BCUT2D eigenvalue weighted by Crippen LogP contribution is -2.12. The molecule has 0 bridgehead atoms. The lowest BCUT2D eigenvalue weighted by Gasteiger charge is -2.06. The summed E-state index contributed by atoms with van der Waals surface area (Å²) in [7, 11) is 0. The van der Waals surface area contributed by atoms with Gasteiger partial charge in [0.05, 0.1) is 11.0 Å². The van der Waals surface area contributed by atoms with Gasteiger partial charge in [-0.15, -0.1) is 0 Å². The van der Waals surface area contributed by atoms with Gasteiger partial charge in [-0.25, -0.2) is 0 Å². The Balaban J connectivity index is 1.39. The highest BCUT2D eigenvalue weighted by Gasteiger charge is 2.16. The fourth-order valence-electron chi connectivity index (χ4n) is 3.28. The van der Waals surface area contributed by atoms with E-state index >= 15 is 0 Å². The Labute approximate surface area is 199 Å². The molecule has 0 aliphatic rings. The predicted octanol–water partition coefficient (Wildman–Crippen LogP) is 6.39. The molecule has 1 N–H and O–H groups in total. The Hall–Kier alpha value is -3.03. The molecular formula is C24H21BrClN3O3. The van der Waals surface area contributed by atoms with Gasteiger partial charge in [0.15, 0.2) is 11.6 Å². The van der Waals surface area contributed by atoms with Gasteiger partial charge in [0.25, 0.3) is 5.91 Å². The smallest absolute Gasteiger partial charge is 0.292 e. The Bertz CT molecular complexity index is 1240. The van der Waals surface area contributed by atoms with E-state index in [0.29, 0.717) is 27.6 Å². The van der Waals surface area contributed by atoms with Crippen molar-refractivity contribution >= 4 is 39.3 Å². The average Bonchev–Trinajstić information content (AvgIpc) is 3.34. The van der Waals surface area contributed by atoms with Crippen LogP contribution in [-0.4, -0.2) is 15.7 Å². The maximum Gasteiger partial charge on any atom is 0.292 e. The Morgan fingerprint density at radius 1 is 1.16 bits per heavy atom. The third-order valence-electron chi connectivity index (χ3n) is 4.70. The van der Waals surface area contributed by atoms with Crippen molar-refractivity contribution in [3.8, 4) is 5.75 Å². The number of nitrogens with zero attached hydrogens (tertiary/aromatic N) is 2. The van der Waals surface area contributed by atoms with Crippen molar-refractivity contribution < 1.29 is 13.9 Å². The number of furan rings is 1. The second kappa shape index (κ2) is 9.63. The lowest BCUT2D eigenvalue weighted by atomic mass is 10.1. The first-order valence-corrected chi connectivity index (χ1v) is 11.1. The first-order valence-electron chi connectivity index (χ1n) is 9.95. The second-order valence-electron chi connectivity index (χ2n) is 7.45. The van der Waals surface area contributed by atoms with Crippen molar-refractivity contribution in [2.45, 2.75) is 27.0 Å². The largest absolute Gasteiger partial charge is 0.486 e. The molecule has 2 aromatic heterocycles. The molecule has 2 aromatic carbocycles. The molecule has 0 fully saturated rings. The van der Waals surface area contributed by atoms with E-state index in [1.165, 1.54) is 0 Å². The van der Waals surface area contributed by atoms with Crippen LogP contribution in [0.15, 0.2) is 69.7 Å². The summed E-state index contributed by atoms with van der Waals surface area (Å²) in [6.45, 7) is 4.74. The zero-order valence-corrected chi connectivity index (χ0v) is 19.9. The van der Waals surface area contributed by atoms with Crippen LogP contribution in [0.5, 0.6) is 5.75 Å². The number of carbonyl (C=O) groups is 1. The number of ether oxygens (including phenoxy) is 1. The molecule has 4 rings (SSSR count). The number of carbonyl (C=O) groups excluding carboxylic acids is 1. The van der Waals surface area contributed by atoms with Gasteiger partial charge in [-0.2, -0.15) is 5.10 Å². The minimum atomic E-state index is -0.397. The van der Waals surface area contributed by atoms with Crippen LogP contribution in [0.2, 0.25) is 5.02 Å². The predicted molar refractivity (Wildman–Crippen MR) is 127 cm³/mol. The zero-order valence-electron chi connectivity index (χ0n) is 17.6. The number of halogens is 2. The molecule has 0 unspecified atom stereocenters. The number of rotatable bonds is 7. The molecule has 0 saturated heterocycles. The highest BCUT2D eigenvalue weighted by molar-refractivity contribution is 9.10. The SMILES string of the molecule is Cc1cc(C)cc(OCc2ccc(C(=O)Nc3nn(Cc4ccccc4Cl)cc3Br)o2)c1. The van der Waals surface area contributed by atoms with Crippen LogP contribution in [0.3, 0.4) is 0 Å². The van der Waals surface area contributed by atoms with E-state index in [2.05, 4.69) is 32.4 Å². The number of anilines is 1. The van der Waals surface area contributed by atoms with Crippen LogP contribution in [-0.2, 0) is 13.2 Å². The highest BCUT2D eigenvalue weighted by atomic mass is 79.9. The standard InChI is InChI=1S/C24H21BrClN3O3/c1-15-9-16(2)11-19(10-15)31-14-18-7-8-22(32-18)24(30)27-23-20(25)13-29(28-23)12-17-5-3-4-6-21(17)26/h3-11,13H,12,14H2,1-2H3,(H,27,28,30).